The van der Waals surface area contributed by atoms with Crippen LogP contribution in [0, 0.1) is 5.41 Å². The first-order valence-corrected chi connectivity index (χ1v) is 6.63. The van der Waals surface area contributed by atoms with Gasteiger partial charge in [-0.1, -0.05) is 6.92 Å². The zero-order valence-electron chi connectivity index (χ0n) is 11.9. The molecule has 1 fully saturated rings. The Morgan fingerprint density at radius 1 is 1.39 bits per heavy atom. The zero-order valence-corrected chi connectivity index (χ0v) is 11.9. The van der Waals surface area contributed by atoms with E-state index in [1.54, 1.807) is 7.05 Å². The Morgan fingerprint density at radius 3 is 2.50 bits per heavy atom. The fourth-order valence-corrected chi connectivity index (χ4v) is 2.35. The quantitative estimate of drug-likeness (QED) is 0.666. The third-order valence-electron chi connectivity index (χ3n) is 3.81. The fraction of sp³-hybridized carbons (Fsp3) is 0.846. The van der Waals surface area contributed by atoms with Crippen LogP contribution in [0.25, 0.3) is 0 Å². The molecule has 3 N–H and O–H groups in total. The Morgan fingerprint density at radius 2 is 2.06 bits per heavy atom. The molecule has 104 valence electrons. The summed E-state index contributed by atoms with van der Waals surface area (Å²) in [6.45, 7) is 6.91. The van der Waals surface area contributed by atoms with Crippen LogP contribution in [0.1, 0.15) is 40.0 Å². The van der Waals surface area contributed by atoms with Gasteiger partial charge in [0.1, 0.15) is 0 Å². The third kappa shape index (κ3) is 3.02. The molecule has 0 bridgehead atoms. The molecule has 1 heterocycles. The van der Waals surface area contributed by atoms with Crippen LogP contribution in [0.5, 0.6) is 0 Å². The van der Waals surface area contributed by atoms with Crippen molar-refractivity contribution in [3.63, 3.8) is 0 Å². The molecule has 0 aromatic rings. The van der Waals surface area contributed by atoms with Crippen LogP contribution in [-0.2, 0) is 9.59 Å². The third-order valence-corrected chi connectivity index (χ3v) is 3.81. The molecule has 5 nitrogen and oxygen atoms in total. The van der Waals surface area contributed by atoms with E-state index < -0.39 is 11.0 Å². The van der Waals surface area contributed by atoms with Gasteiger partial charge >= 0.3 is 0 Å². The van der Waals surface area contributed by atoms with Gasteiger partial charge in [-0.25, -0.2) is 0 Å². The highest BCUT2D eigenvalue weighted by Gasteiger charge is 2.40. The number of hydrogen-bond acceptors (Lipinski definition) is 3. The van der Waals surface area contributed by atoms with E-state index in [0.717, 1.165) is 25.8 Å². The van der Waals surface area contributed by atoms with Crippen molar-refractivity contribution in [3.8, 4) is 0 Å². The Bertz CT molecular complexity index is 320. The molecule has 18 heavy (non-hydrogen) atoms. The summed E-state index contributed by atoms with van der Waals surface area (Å²) in [5, 5.41) is 8.81. The van der Waals surface area contributed by atoms with Gasteiger partial charge in [0.15, 0.2) is 0 Å². The number of nitrogens with one attached hydrogen (secondary N) is 3. The Hall–Kier alpha value is -1.10. The van der Waals surface area contributed by atoms with Gasteiger partial charge in [0.2, 0.25) is 11.8 Å². The average molecular weight is 255 g/mol. The lowest BCUT2D eigenvalue weighted by atomic mass is 9.90. The van der Waals surface area contributed by atoms with Crippen LogP contribution in [0.2, 0.25) is 0 Å². The molecule has 1 aliphatic rings. The van der Waals surface area contributed by atoms with E-state index in [-0.39, 0.29) is 11.8 Å². The molecular weight excluding hydrogens is 230 g/mol. The standard InChI is InChI=1S/C13H25N3O2/c1-5-13(7-6-8-16-13)11(18)15-9-12(2,3)10(17)14-4/h16H,5-9H2,1-4H3,(H,14,17)(H,15,18). The molecule has 1 unspecified atom stereocenters. The number of rotatable bonds is 5. The minimum Gasteiger partial charge on any atom is -0.359 e. The Labute approximate surface area is 109 Å². The van der Waals surface area contributed by atoms with Gasteiger partial charge < -0.3 is 16.0 Å². The highest BCUT2D eigenvalue weighted by molar-refractivity contribution is 5.88. The molecule has 0 spiro atoms. The molecule has 1 atom stereocenters. The molecule has 1 saturated heterocycles. The lowest BCUT2D eigenvalue weighted by Gasteiger charge is -2.29. The second-order valence-electron chi connectivity index (χ2n) is 5.61. The van der Waals surface area contributed by atoms with E-state index >= 15 is 0 Å². The summed E-state index contributed by atoms with van der Waals surface area (Å²) in [5.74, 6) is -0.0489. The number of amides is 2. The van der Waals surface area contributed by atoms with Crippen LogP contribution in [0.15, 0.2) is 0 Å². The number of carbonyl (C=O) groups is 2. The Kier molecular flexibility index (Phi) is 4.73. The summed E-state index contributed by atoms with van der Waals surface area (Å²) in [7, 11) is 1.61. The van der Waals surface area contributed by atoms with E-state index in [4.69, 9.17) is 0 Å². The summed E-state index contributed by atoms with van der Waals surface area (Å²) < 4.78 is 0. The van der Waals surface area contributed by atoms with Gasteiger partial charge in [0.25, 0.3) is 0 Å². The molecule has 0 aliphatic carbocycles. The van der Waals surface area contributed by atoms with Gasteiger partial charge in [-0.2, -0.15) is 0 Å². The second kappa shape index (κ2) is 5.69. The maximum Gasteiger partial charge on any atom is 0.240 e. The first kappa shape index (κ1) is 15.0. The van der Waals surface area contributed by atoms with Crippen molar-refractivity contribution in [2.24, 2.45) is 5.41 Å². The van der Waals surface area contributed by atoms with Crippen molar-refractivity contribution >= 4 is 11.8 Å². The lowest BCUT2D eigenvalue weighted by Crippen LogP contribution is -2.55. The minimum absolute atomic E-state index is 0.0134. The maximum atomic E-state index is 12.3. The summed E-state index contributed by atoms with van der Waals surface area (Å²) >= 11 is 0. The monoisotopic (exact) mass is 255 g/mol. The van der Waals surface area contributed by atoms with Crippen molar-refractivity contribution in [2.75, 3.05) is 20.1 Å². The van der Waals surface area contributed by atoms with Crippen LogP contribution in [-0.4, -0.2) is 37.5 Å². The first-order chi connectivity index (χ1) is 8.38. The molecule has 1 aliphatic heterocycles. The van der Waals surface area contributed by atoms with E-state index in [1.807, 2.05) is 20.8 Å². The molecule has 0 saturated carbocycles. The molecule has 1 rings (SSSR count). The lowest BCUT2D eigenvalue weighted by molar-refractivity contribution is -0.131. The van der Waals surface area contributed by atoms with Crippen LogP contribution < -0.4 is 16.0 Å². The fourth-order valence-electron chi connectivity index (χ4n) is 2.35. The van der Waals surface area contributed by atoms with Crippen molar-refractivity contribution in [3.05, 3.63) is 0 Å². The van der Waals surface area contributed by atoms with Gasteiger partial charge in [-0.3, -0.25) is 9.59 Å². The molecule has 2 amide bonds. The SMILES string of the molecule is CCC1(C(=O)NCC(C)(C)C(=O)NC)CCCN1. The Balaban J connectivity index is 2.58. The van der Waals surface area contributed by atoms with E-state index in [0.29, 0.717) is 6.54 Å². The summed E-state index contributed by atoms with van der Waals surface area (Å²) in [4.78, 5) is 23.9. The highest BCUT2D eigenvalue weighted by atomic mass is 16.2. The van der Waals surface area contributed by atoms with Gasteiger partial charge in [-0.15, -0.1) is 0 Å². The average Bonchev–Trinajstić information content (AvgIpc) is 2.84. The van der Waals surface area contributed by atoms with Crippen LogP contribution in [0.4, 0.5) is 0 Å². The number of carbonyl (C=O) groups excluding carboxylic acids is 2. The zero-order chi connectivity index (χ0) is 13.8. The van der Waals surface area contributed by atoms with Gasteiger partial charge in [0.05, 0.1) is 11.0 Å². The normalized spacial score (nSPS) is 23.8. The minimum atomic E-state index is -0.585. The maximum absolute atomic E-state index is 12.3. The summed E-state index contributed by atoms with van der Waals surface area (Å²) in [6, 6.07) is 0. The topological polar surface area (TPSA) is 70.2 Å². The molecule has 5 heteroatoms. The smallest absolute Gasteiger partial charge is 0.240 e. The predicted molar refractivity (Wildman–Crippen MR) is 71.1 cm³/mol. The van der Waals surface area contributed by atoms with Crippen LogP contribution in [0.3, 0.4) is 0 Å². The largest absolute Gasteiger partial charge is 0.359 e. The molecular formula is C13H25N3O2. The van der Waals surface area contributed by atoms with Crippen LogP contribution >= 0.6 is 0 Å². The van der Waals surface area contributed by atoms with Crippen molar-refractivity contribution < 1.29 is 9.59 Å². The number of hydrogen-bond donors (Lipinski definition) is 3. The summed E-state index contributed by atoms with van der Waals surface area (Å²) in [6.07, 6.45) is 2.68. The van der Waals surface area contributed by atoms with E-state index in [1.165, 1.54) is 0 Å². The first-order valence-electron chi connectivity index (χ1n) is 6.63. The predicted octanol–water partition coefficient (Wildman–Crippen LogP) is 0.407. The summed E-state index contributed by atoms with van der Waals surface area (Å²) in [5.41, 5.74) is -1.02. The molecule has 0 radical (unpaired) electrons. The highest BCUT2D eigenvalue weighted by Crippen LogP contribution is 2.23. The van der Waals surface area contributed by atoms with E-state index in [9.17, 15) is 9.59 Å². The van der Waals surface area contributed by atoms with Crippen molar-refractivity contribution in [1.29, 1.82) is 0 Å². The van der Waals surface area contributed by atoms with Gasteiger partial charge in [0, 0.05) is 13.6 Å². The second-order valence-corrected chi connectivity index (χ2v) is 5.61. The van der Waals surface area contributed by atoms with Gasteiger partial charge in [-0.05, 0) is 39.7 Å². The van der Waals surface area contributed by atoms with Crippen molar-refractivity contribution in [2.45, 2.75) is 45.6 Å². The molecule has 0 aromatic carbocycles. The van der Waals surface area contributed by atoms with Crippen molar-refractivity contribution in [1.82, 2.24) is 16.0 Å². The molecule has 0 aromatic heterocycles. The van der Waals surface area contributed by atoms with E-state index in [2.05, 4.69) is 16.0 Å².